The van der Waals surface area contributed by atoms with Crippen LogP contribution in [0.15, 0.2) is 158 Å². The molecule has 0 aromatic rings. The summed E-state index contributed by atoms with van der Waals surface area (Å²) in [7, 11) is 0. The van der Waals surface area contributed by atoms with Crippen LogP contribution in [0.3, 0.4) is 0 Å². The summed E-state index contributed by atoms with van der Waals surface area (Å²) >= 11 is 0. The van der Waals surface area contributed by atoms with Gasteiger partial charge in [-0.05, 0) is 116 Å². The molecule has 0 aromatic heterocycles. The highest BCUT2D eigenvalue weighted by atomic mass is 16.6. The molecule has 0 aliphatic carbocycles. The molecule has 0 aliphatic rings. The average Bonchev–Trinajstić information content (AvgIpc) is 3.40. The number of carbonyl (C=O) groups is 3. The Morgan fingerprint density at radius 1 is 0.284 bits per heavy atom. The molecule has 0 spiro atoms. The maximum Gasteiger partial charge on any atom is 0.306 e. The lowest BCUT2D eigenvalue weighted by molar-refractivity contribution is -0.166. The second-order valence-electron chi connectivity index (χ2n) is 18.8. The van der Waals surface area contributed by atoms with E-state index in [9.17, 15) is 14.4 Å². The van der Waals surface area contributed by atoms with Gasteiger partial charge in [0.05, 0.1) is 0 Å². The fourth-order valence-electron chi connectivity index (χ4n) is 7.45. The van der Waals surface area contributed by atoms with Gasteiger partial charge in [-0.15, -0.1) is 0 Å². The Balaban J connectivity index is 4.23. The first-order valence-corrected chi connectivity index (χ1v) is 29.5. The second kappa shape index (κ2) is 60.6. The summed E-state index contributed by atoms with van der Waals surface area (Å²) in [5, 5.41) is 0. The van der Waals surface area contributed by atoms with E-state index in [1.807, 2.05) is 12.2 Å². The normalized spacial score (nSPS) is 13.3. The van der Waals surface area contributed by atoms with Crippen LogP contribution in [0.25, 0.3) is 0 Å². The van der Waals surface area contributed by atoms with Crippen molar-refractivity contribution in [3.8, 4) is 0 Å². The molecule has 0 bridgehead atoms. The zero-order chi connectivity index (χ0) is 53.6. The highest BCUT2D eigenvalue weighted by molar-refractivity contribution is 5.71. The van der Waals surface area contributed by atoms with Crippen molar-refractivity contribution in [1.82, 2.24) is 0 Å². The Morgan fingerprint density at radius 3 is 0.878 bits per heavy atom. The van der Waals surface area contributed by atoms with E-state index in [2.05, 4.69) is 167 Å². The quantitative estimate of drug-likeness (QED) is 0.0261. The number of hydrogen-bond acceptors (Lipinski definition) is 6. The number of unbranched alkanes of at least 4 members (excludes halogenated alkanes) is 14. The van der Waals surface area contributed by atoms with E-state index in [-0.39, 0.29) is 31.6 Å². The Labute approximate surface area is 454 Å². The van der Waals surface area contributed by atoms with Crippen molar-refractivity contribution in [3.05, 3.63) is 158 Å². The van der Waals surface area contributed by atoms with Crippen molar-refractivity contribution in [2.24, 2.45) is 0 Å². The third-order valence-electron chi connectivity index (χ3n) is 11.8. The SMILES string of the molecule is CC/C=C\C/C=C\C/C=C\C/C=C\C/C=C\C/C=C\C/C=C\CCCCCCCCCCCC(=O)OCC(COC(=O)CCCCCCCC)OC(=O)CC/C=C\C/C=C\C/C=C\C/C=C\C/C=C\C/C=C\CC. The van der Waals surface area contributed by atoms with E-state index in [0.717, 1.165) is 128 Å². The highest BCUT2D eigenvalue weighted by Crippen LogP contribution is 2.13. The van der Waals surface area contributed by atoms with Crippen LogP contribution in [0.4, 0.5) is 0 Å². The smallest absolute Gasteiger partial charge is 0.306 e. The minimum absolute atomic E-state index is 0.116. The first-order chi connectivity index (χ1) is 36.5. The van der Waals surface area contributed by atoms with E-state index in [1.54, 1.807) is 0 Å². The lowest BCUT2D eigenvalue weighted by atomic mass is 10.1. The fourth-order valence-corrected chi connectivity index (χ4v) is 7.45. The number of hydrogen-bond donors (Lipinski definition) is 0. The van der Waals surface area contributed by atoms with Gasteiger partial charge in [-0.1, -0.05) is 256 Å². The summed E-state index contributed by atoms with van der Waals surface area (Å²) in [5.74, 6) is -1.03. The standard InChI is InChI=1S/C68H106O6/c1-4-7-10-13-16-18-20-22-24-26-28-29-30-31-32-33-34-35-36-37-38-39-41-42-44-46-48-50-52-55-58-61-67(70)73-64-65(63-72-66(69)60-57-54-15-12-9-6-3)74-68(71)62-59-56-53-51-49-47-45-43-40-27-25-23-21-19-17-14-11-8-5-2/h7-8,10-11,16-19,22-25,28-29,31-32,34-35,37-38,40,43,47,49,53,56,65H,4-6,9,12-15,20-21,26-27,30,33,36,39,41-42,44-46,48,50-52,54-55,57-64H2,1-3H3/b10-7-,11-8-,18-16-,19-17-,24-22-,25-23-,29-28-,32-31-,35-34-,38-37-,43-40-,49-47-,56-53-. The summed E-state index contributed by atoms with van der Waals surface area (Å²) in [6.07, 6.45) is 88.6. The third kappa shape index (κ3) is 57.9. The number of esters is 3. The monoisotopic (exact) mass is 1020 g/mol. The zero-order valence-corrected chi connectivity index (χ0v) is 47.3. The van der Waals surface area contributed by atoms with Crippen molar-refractivity contribution in [2.45, 2.75) is 239 Å². The van der Waals surface area contributed by atoms with E-state index >= 15 is 0 Å². The Hall–Kier alpha value is -4.97. The average molecular weight is 1020 g/mol. The van der Waals surface area contributed by atoms with Crippen LogP contribution in [-0.4, -0.2) is 37.2 Å². The van der Waals surface area contributed by atoms with Gasteiger partial charge in [0.1, 0.15) is 13.2 Å². The topological polar surface area (TPSA) is 78.9 Å². The van der Waals surface area contributed by atoms with Crippen molar-refractivity contribution in [2.75, 3.05) is 13.2 Å². The highest BCUT2D eigenvalue weighted by Gasteiger charge is 2.19. The molecule has 0 radical (unpaired) electrons. The molecular formula is C68H106O6. The Kier molecular flexibility index (Phi) is 56.5. The van der Waals surface area contributed by atoms with Crippen LogP contribution in [0, 0.1) is 0 Å². The first kappa shape index (κ1) is 69.0. The number of allylic oxidation sites excluding steroid dienone is 26. The van der Waals surface area contributed by atoms with Gasteiger partial charge < -0.3 is 14.2 Å². The zero-order valence-electron chi connectivity index (χ0n) is 47.3. The number of rotatable bonds is 51. The summed E-state index contributed by atoms with van der Waals surface area (Å²) in [6.45, 7) is 6.26. The van der Waals surface area contributed by atoms with Gasteiger partial charge in [0.25, 0.3) is 0 Å². The van der Waals surface area contributed by atoms with E-state index in [4.69, 9.17) is 14.2 Å². The lowest BCUT2D eigenvalue weighted by Crippen LogP contribution is -2.30. The molecule has 1 atom stereocenters. The molecule has 74 heavy (non-hydrogen) atoms. The lowest BCUT2D eigenvalue weighted by Gasteiger charge is -2.18. The van der Waals surface area contributed by atoms with E-state index in [0.29, 0.717) is 19.3 Å². The molecule has 0 saturated carbocycles. The molecule has 0 amide bonds. The minimum Gasteiger partial charge on any atom is -0.462 e. The van der Waals surface area contributed by atoms with Crippen LogP contribution >= 0.6 is 0 Å². The summed E-state index contributed by atoms with van der Waals surface area (Å²) < 4.78 is 16.7. The predicted octanol–water partition coefficient (Wildman–Crippen LogP) is 20.1. The molecule has 0 fully saturated rings. The van der Waals surface area contributed by atoms with Crippen LogP contribution in [0.1, 0.15) is 233 Å². The fraction of sp³-hybridized carbons (Fsp3) is 0.574. The van der Waals surface area contributed by atoms with Gasteiger partial charge in [0.2, 0.25) is 0 Å². The molecule has 0 aliphatic heterocycles. The molecule has 414 valence electrons. The predicted molar refractivity (Wildman–Crippen MR) is 320 cm³/mol. The van der Waals surface area contributed by atoms with Crippen LogP contribution in [-0.2, 0) is 28.6 Å². The minimum atomic E-state index is -0.824. The molecule has 0 heterocycles. The number of ether oxygens (including phenoxy) is 3. The van der Waals surface area contributed by atoms with Crippen LogP contribution < -0.4 is 0 Å². The molecule has 0 saturated heterocycles. The van der Waals surface area contributed by atoms with Gasteiger partial charge in [0.15, 0.2) is 6.10 Å². The molecule has 0 rings (SSSR count). The van der Waals surface area contributed by atoms with Crippen molar-refractivity contribution in [1.29, 1.82) is 0 Å². The van der Waals surface area contributed by atoms with Crippen molar-refractivity contribution in [3.63, 3.8) is 0 Å². The Bertz CT molecular complexity index is 1690. The van der Waals surface area contributed by atoms with Gasteiger partial charge in [-0.2, -0.15) is 0 Å². The van der Waals surface area contributed by atoms with E-state index < -0.39 is 12.1 Å². The maximum atomic E-state index is 12.8. The van der Waals surface area contributed by atoms with Crippen molar-refractivity contribution < 1.29 is 28.6 Å². The van der Waals surface area contributed by atoms with Gasteiger partial charge in [-0.3, -0.25) is 14.4 Å². The molecule has 0 aromatic carbocycles. The van der Waals surface area contributed by atoms with Gasteiger partial charge in [-0.25, -0.2) is 0 Å². The summed E-state index contributed by atoms with van der Waals surface area (Å²) in [6, 6.07) is 0. The third-order valence-corrected chi connectivity index (χ3v) is 11.8. The van der Waals surface area contributed by atoms with Gasteiger partial charge in [0, 0.05) is 19.3 Å². The van der Waals surface area contributed by atoms with Crippen molar-refractivity contribution >= 4 is 17.9 Å². The molecule has 6 heteroatoms. The molecule has 1 unspecified atom stereocenters. The number of carbonyl (C=O) groups excluding carboxylic acids is 3. The van der Waals surface area contributed by atoms with Gasteiger partial charge >= 0.3 is 17.9 Å². The van der Waals surface area contributed by atoms with E-state index in [1.165, 1.54) is 57.8 Å². The van der Waals surface area contributed by atoms with Crippen LogP contribution in [0.2, 0.25) is 0 Å². The summed E-state index contributed by atoms with van der Waals surface area (Å²) in [4.78, 5) is 37.9. The molecule has 6 nitrogen and oxygen atoms in total. The summed E-state index contributed by atoms with van der Waals surface area (Å²) in [5.41, 5.74) is 0. The molecular weight excluding hydrogens is 913 g/mol. The largest absolute Gasteiger partial charge is 0.462 e. The maximum absolute atomic E-state index is 12.8. The molecule has 0 N–H and O–H groups in total. The Morgan fingerprint density at radius 2 is 0.554 bits per heavy atom. The second-order valence-corrected chi connectivity index (χ2v) is 18.8. The van der Waals surface area contributed by atoms with Crippen LogP contribution in [0.5, 0.6) is 0 Å². The first-order valence-electron chi connectivity index (χ1n) is 29.5.